The second-order valence-electron chi connectivity index (χ2n) is 11.7. The van der Waals surface area contributed by atoms with Crippen molar-refractivity contribution in [1.82, 2.24) is 19.8 Å². The van der Waals surface area contributed by atoms with E-state index in [4.69, 9.17) is 4.74 Å². The van der Waals surface area contributed by atoms with Gasteiger partial charge < -0.3 is 25.2 Å². The second-order valence-corrected chi connectivity index (χ2v) is 12.5. The fraction of sp³-hybridized carbons (Fsp3) is 0.452. The molecule has 8 nitrogen and oxygen atoms in total. The number of nitrogens with zero attached hydrogens (tertiary/aromatic N) is 4. The Bertz CT molecular complexity index is 1420. The number of carbonyl (C=O) groups is 1. The average Bonchev–Trinajstić information content (AvgIpc) is 2.93. The van der Waals surface area contributed by atoms with Gasteiger partial charge in [0.15, 0.2) is 0 Å². The van der Waals surface area contributed by atoms with Crippen molar-refractivity contribution in [1.29, 1.82) is 0 Å². The van der Waals surface area contributed by atoms with Crippen LogP contribution < -0.4 is 15.4 Å². The summed E-state index contributed by atoms with van der Waals surface area (Å²) in [6.45, 7) is 3.60. The van der Waals surface area contributed by atoms with E-state index in [0.717, 1.165) is 11.1 Å². The zero-order valence-corrected chi connectivity index (χ0v) is 26.1. The summed E-state index contributed by atoms with van der Waals surface area (Å²) in [5.41, 5.74) is 3.07. The Hall–Kier alpha value is -2.83. The third-order valence-electron chi connectivity index (χ3n) is 8.15. The van der Waals surface area contributed by atoms with E-state index in [1.807, 2.05) is 37.2 Å². The second kappa shape index (κ2) is 13.0. The summed E-state index contributed by atoms with van der Waals surface area (Å²) in [7, 11) is 6.10. The van der Waals surface area contributed by atoms with Gasteiger partial charge in [0.05, 0.1) is 17.8 Å². The summed E-state index contributed by atoms with van der Waals surface area (Å²) in [6.07, 6.45) is 9.76. The van der Waals surface area contributed by atoms with Gasteiger partial charge in [-0.1, -0.05) is 28.7 Å². The summed E-state index contributed by atoms with van der Waals surface area (Å²) in [4.78, 5) is 26.2. The van der Waals surface area contributed by atoms with Crippen LogP contribution in [0.25, 0.3) is 10.9 Å². The molecular formula is C31H38FIN6O2. The Morgan fingerprint density at radius 3 is 2.73 bits per heavy atom. The van der Waals surface area contributed by atoms with Gasteiger partial charge in [-0.2, -0.15) is 0 Å². The van der Waals surface area contributed by atoms with Crippen molar-refractivity contribution in [2.24, 2.45) is 11.3 Å². The molecule has 1 aliphatic heterocycles. The maximum Gasteiger partial charge on any atom is 0.248 e. The molecule has 2 fully saturated rings. The third-order valence-corrected chi connectivity index (χ3v) is 8.97. The zero-order chi connectivity index (χ0) is 29.0. The number of aromatic nitrogens is 2. The summed E-state index contributed by atoms with van der Waals surface area (Å²) in [6, 6.07) is 8.64. The monoisotopic (exact) mass is 672 g/mol. The smallest absolute Gasteiger partial charge is 0.248 e. The van der Waals surface area contributed by atoms with Gasteiger partial charge in [-0.25, -0.2) is 14.4 Å². The van der Waals surface area contributed by atoms with E-state index < -0.39 is 0 Å². The van der Waals surface area contributed by atoms with Gasteiger partial charge in [-0.05, 0) is 101 Å². The van der Waals surface area contributed by atoms with Gasteiger partial charge in [0.2, 0.25) is 5.91 Å². The van der Waals surface area contributed by atoms with Gasteiger partial charge in [0.25, 0.3) is 0 Å². The van der Waals surface area contributed by atoms with E-state index >= 15 is 0 Å². The molecule has 218 valence electrons. The molecule has 1 saturated heterocycles. The maximum absolute atomic E-state index is 14.1. The number of fused-ring (bicyclic) bond motifs is 1. The summed E-state index contributed by atoms with van der Waals surface area (Å²) in [5, 5.41) is 7.03. The number of ether oxygens (including phenoxy) is 1. The zero-order valence-electron chi connectivity index (χ0n) is 23.9. The minimum atomic E-state index is -0.236. The molecule has 0 radical (unpaired) electrons. The number of anilines is 3. The van der Waals surface area contributed by atoms with Gasteiger partial charge in [0, 0.05) is 34.2 Å². The molecule has 41 heavy (non-hydrogen) atoms. The number of rotatable bonds is 10. The molecule has 2 aromatic carbocycles. The number of benzene rings is 2. The molecule has 0 bridgehead atoms. The van der Waals surface area contributed by atoms with Crippen LogP contribution in [-0.4, -0.2) is 73.1 Å². The number of carbonyl (C=O) groups excluding carboxylic acids is 1. The van der Waals surface area contributed by atoms with Crippen molar-refractivity contribution in [3.8, 4) is 5.75 Å². The normalized spacial score (nSPS) is 17.3. The molecule has 0 atom stereocenters. The first-order chi connectivity index (χ1) is 19.7. The van der Waals surface area contributed by atoms with Crippen LogP contribution in [-0.2, 0) is 9.22 Å². The minimum absolute atomic E-state index is 0.235. The van der Waals surface area contributed by atoms with E-state index in [9.17, 15) is 9.18 Å². The fourth-order valence-electron chi connectivity index (χ4n) is 5.83. The van der Waals surface area contributed by atoms with Crippen LogP contribution in [0.4, 0.5) is 21.6 Å². The van der Waals surface area contributed by atoms with Crippen molar-refractivity contribution >= 4 is 56.6 Å². The predicted molar refractivity (Wildman–Crippen MR) is 171 cm³/mol. The van der Waals surface area contributed by atoms with Crippen molar-refractivity contribution < 1.29 is 13.9 Å². The number of hydrogen-bond acceptors (Lipinski definition) is 7. The van der Waals surface area contributed by atoms with E-state index in [1.165, 1.54) is 57.2 Å². The van der Waals surface area contributed by atoms with Crippen LogP contribution in [0.1, 0.15) is 31.2 Å². The molecule has 2 aliphatic rings. The molecule has 3 aromatic rings. The van der Waals surface area contributed by atoms with Crippen LogP contribution >= 0.6 is 22.6 Å². The number of alkyl halides is 1. The summed E-state index contributed by atoms with van der Waals surface area (Å²) in [5.74, 6) is 1.19. The number of nitrogens with one attached hydrogen (secondary N) is 2. The molecule has 2 N–H and O–H groups in total. The largest absolute Gasteiger partial charge is 0.491 e. The molecule has 2 heterocycles. The van der Waals surface area contributed by atoms with Crippen molar-refractivity contribution in [3.63, 3.8) is 0 Å². The van der Waals surface area contributed by atoms with Gasteiger partial charge in [-0.15, -0.1) is 0 Å². The number of amides is 1. The van der Waals surface area contributed by atoms with Gasteiger partial charge in [0.1, 0.15) is 23.7 Å². The SMILES string of the molecule is CN(C)C/C=C/C(=O)Nc1cc2c(Nc3ccc(F)c(CI)c3)ncnc2cc1OCC1CC2(CCN(C)CC2)C1. The minimum Gasteiger partial charge on any atom is -0.491 e. The number of hydrogen-bond donors (Lipinski definition) is 2. The molecule has 0 unspecified atom stereocenters. The highest BCUT2D eigenvalue weighted by Gasteiger charge is 2.45. The summed E-state index contributed by atoms with van der Waals surface area (Å²) >= 11 is 2.15. The molecule has 1 aliphatic carbocycles. The molecule has 10 heteroatoms. The Labute approximate surface area is 254 Å². The number of likely N-dealkylation sites (N-methyl/N-ethyl adjacent to an activating group) is 1. The number of piperidine rings is 1. The maximum atomic E-state index is 14.1. The lowest BCUT2D eigenvalue weighted by Gasteiger charge is -2.51. The quantitative estimate of drug-likeness (QED) is 0.155. The molecule has 5 rings (SSSR count). The number of halogens is 2. The Balaban J connectivity index is 1.38. The molecule has 1 saturated carbocycles. The van der Waals surface area contributed by atoms with E-state index in [-0.39, 0.29) is 11.7 Å². The molecular weight excluding hydrogens is 634 g/mol. The van der Waals surface area contributed by atoms with E-state index in [2.05, 4.69) is 55.1 Å². The molecule has 1 aromatic heterocycles. The highest BCUT2D eigenvalue weighted by atomic mass is 127. The average molecular weight is 673 g/mol. The highest BCUT2D eigenvalue weighted by molar-refractivity contribution is 14.1. The number of likely N-dealkylation sites (tertiary alicyclic amines) is 1. The van der Waals surface area contributed by atoms with Crippen LogP contribution in [0.5, 0.6) is 5.75 Å². The van der Waals surface area contributed by atoms with Gasteiger partial charge >= 0.3 is 0 Å². The first-order valence-corrected chi connectivity index (χ1v) is 15.6. The van der Waals surface area contributed by atoms with E-state index in [0.29, 0.717) is 57.2 Å². The lowest BCUT2D eigenvalue weighted by Crippen LogP contribution is -2.47. The lowest BCUT2D eigenvalue weighted by molar-refractivity contribution is -0.111. The third kappa shape index (κ3) is 7.34. The topological polar surface area (TPSA) is 82.6 Å². The highest BCUT2D eigenvalue weighted by Crippen LogP contribution is 2.52. The van der Waals surface area contributed by atoms with Crippen molar-refractivity contribution in [3.05, 3.63) is 60.2 Å². The Morgan fingerprint density at radius 1 is 1.22 bits per heavy atom. The van der Waals surface area contributed by atoms with Crippen molar-refractivity contribution in [2.75, 3.05) is 58.0 Å². The summed E-state index contributed by atoms with van der Waals surface area (Å²) < 4.78 is 21.0. The van der Waals surface area contributed by atoms with Crippen molar-refractivity contribution in [2.45, 2.75) is 30.1 Å². The Morgan fingerprint density at radius 2 is 2.00 bits per heavy atom. The van der Waals surface area contributed by atoms with Crippen LogP contribution in [0.2, 0.25) is 0 Å². The van der Waals surface area contributed by atoms with Crippen LogP contribution in [0, 0.1) is 17.2 Å². The lowest BCUT2D eigenvalue weighted by atomic mass is 9.58. The predicted octanol–water partition coefficient (Wildman–Crippen LogP) is 6.00. The van der Waals surface area contributed by atoms with Crippen LogP contribution in [0.15, 0.2) is 48.8 Å². The first-order valence-electron chi connectivity index (χ1n) is 14.1. The molecule has 1 spiro atoms. The fourth-order valence-corrected chi connectivity index (χ4v) is 6.41. The Kier molecular flexibility index (Phi) is 9.40. The van der Waals surface area contributed by atoms with E-state index in [1.54, 1.807) is 12.1 Å². The van der Waals surface area contributed by atoms with Crippen LogP contribution in [0.3, 0.4) is 0 Å². The standard InChI is InChI=1S/C31H38FIN6O2/c1-38(2)10-4-5-29(40)37-27-14-24-26(34-20-35-30(24)36-23-6-7-25(32)22(13-23)18-33)15-28(27)41-19-21-16-31(17-21)8-11-39(3)12-9-31/h4-7,13-15,20-21H,8-12,16-19H2,1-3H3,(H,37,40)(H,34,35,36)/b5-4+. The van der Waals surface area contributed by atoms with Gasteiger partial charge in [-0.3, -0.25) is 4.79 Å². The molecule has 1 amide bonds. The first kappa shape index (κ1) is 29.7.